The predicted octanol–water partition coefficient (Wildman–Crippen LogP) is 6.30. The number of urea groups is 1. The lowest BCUT2D eigenvalue weighted by atomic mass is 9.85. The minimum absolute atomic E-state index is 0.0722. The van der Waals surface area contributed by atoms with Gasteiger partial charge in [0.1, 0.15) is 11.5 Å². The summed E-state index contributed by atoms with van der Waals surface area (Å²) >= 11 is 0. The van der Waals surface area contributed by atoms with E-state index in [1.54, 1.807) is 12.1 Å². The number of hydrogen-bond acceptors (Lipinski definition) is 4. The second-order valence-electron chi connectivity index (χ2n) is 9.92. The van der Waals surface area contributed by atoms with E-state index < -0.39 is 5.97 Å². The smallest absolute Gasteiger partial charge is 0.322 e. The fraction of sp³-hybridized carbons (Fsp3) is 0.323. The third-order valence-electron chi connectivity index (χ3n) is 7.01. The summed E-state index contributed by atoms with van der Waals surface area (Å²) in [6.45, 7) is 2.68. The number of carboxylic acid groups (broad SMARTS) is 1. The molecule has 8 heteroatoms. The average Bonchev–Trinajstić information content (AvgIpc) is 2.94. The molecule has 1 saturated carbocycles. The monoisotopic (exact) mass is 529 g/mol. The molecule has 0 aromatic heterocycles. The number of nitrogens with zero attached hydrogens (tertiary/aromatic N) is 1. The predicted molar refractivity (Wildman–Crippen MR) is 150 cm³/mol. The summed E-state index contributed by atoms with van der Waals surface area (Å²) in [5.41, 5.74) is 2.04. The molecule has 39 heavy (non-hydrogen) atoms. The Labute approximate surface area is 229 Å². The van der Waals surface area contributed by atoms with Crippen molar-refractivity contribution in [3.05, 3.63) is 90.0 Å². The third-order valence-corrected chi connectivity index (χ3v) is 7.01. The Morgan fingerprint density at radius 1 is 0.897 bits per heavy atom. The van der Waals surface area contributed by atoms with Gasteiger partial charge in [-0.3, -0.25) is 9.59 Å². The van der Waals surface area contributed by atoms with Crippen molar-refractivity contribution in [3.8, 4) is 11.5 Å². The van der Waals surface area contributed by atoms with Gasteiger partial charge in [-0.1, -0.05) is 50.1 Å². The summed E-state index contributed by atoms with van der Waals surface area (Å²) in [5, 5.41) is 14.4. The molecular formula is C31H35N3O5. The molecule has 3 N–H and O–H groups in total. The van der Waals surface area contributed by atoms with Crippen molar-refractivity contribution in [3.63, 3.8) is 0 Å². The van der Waals surface area contributed by atoms with Crippen molar-refractivity contribution < 1.29 is 24.2 Å². The number of para-hydroxylation sites is 1. The van der Waals surface area contributed by atoms with Gasteiger partial charge in [0.05, 0.1) is 6.42 Å². The van der Waals surface area contributed by atoms with Gasteiger partial charge in [0.15, 0.2) is 0 Å². The molecule has 8 nitrogen and oxygen atoms in total. The molecule has 3 aromatic carbocycles. The lowest BCUT2D eigenvalue weighted by Crippen LogP contribution is -2.46. The molecule has 1 aliphatic carbocycles. The number of carbonyl (C=O) groups is 3. The van der Waals surface area contributed by atoms with Crippen molar-refractivity contribution in [1.82, 2.24) is 10.2 Å². The lowest BCUT2D eigenvalue weighted by molar-refractivity contribution is -0.136. The number of hydrogen-bond donors (Lipinski definition) is 3. The lowest BCUT2D eigenvalue weighted by Gasteiger charge is -2.38. The summed E-state index contributed by atoms with van der Waals surface area (Å²) in [7, 11) is 0. The average molecular weight is 530 g/mol. The van der Waals surface area contributed by atoms with Gasteiger partial charge in [-0.05, 0) is 72.9 Å². The maximum absolute atomic E-state index is 13.6. The first-order chi connectivity index (χ1) is 18.9. The Kier molecular flexibility index (Phi) is 9.56. The van der Waals surface area contributed by atoms with Gasteiger partial charge in [0, 0.05) is 30.4 Å². The highest BCUT2D eigenvalue weighted by molar-refractivity contribution is 5.94. The first kappa shape index (κ1) is 27.7. The number of carboxylic acids is 1. The Morgan fingerprint density at radius 3 is 2.23 bits per heavy atom. The topological polar surface area (TPSA) is 108 Å². The van der Waals surface area contributed by atoms with Crippen molar-refractivity contribution in [1.29, 1.82) is 0 Å². The Balaban J connectivity index is 1.43. The van der Waals surface area contributed by atoms with E-state index in [-0.39, 0.29) is 30.9 Å². The van der Waals surface area contributed by atoms with Crippen LogP contribution >= 0.6 is 0 Å². The summed E-state index contributed by atoms with van der Waals surface area (Å²) in [4.78, 5) is 38.4. The zero-order chi connectivity index (χ0) is 27.6. The SMILES string of the molecule is CC1CCCCC1N(Cc1ccc(C(=O)NCCC(=O)O)cc1)C(=O)Nc1ccc(Oc2ccccc2)cc1. The maximum atomic E-state index is 13.6. The highest BCUT2D eigenvalue weighted by Crippen LogP contribution is 2.30. The molecule has 0 saturated heterocycles. The molecule has 4 rings (SSSR count). The number of carbonyl (C=O) groups excluding carboxylic acids is 2. The summed E-state index contributed by atoms with van der Waals surface area (Å²) < 4.78 is 5.85. The van der Waals surface area contributed by atoms with E-state index in [4.69, 9.17) is 9.84 Å². The standard InChI is InChI=1S/C31H35N3O5/c1-22-7-5-6-10-28(22)34(21-23-11-13-24(14-12-23)30(37)32-20-19-29(35)36)31(38)33-25-15-17-27(18-16-25)39-26-8-3-2-4-9-26/h2-4,8-9,11-18,22,28H,5-7,10,19-21H2,1H3,(H,32,37)(H,33,38)(H,35,36). The normalized spacial score (nSPS) is 16.6. The van der Waals surface area contributed by atoms with Crippen molar-refractivity contribution >= 4 is 23.6 Å². The molecule has 1 fully saturated rings. The second kappa shape index (κ2) is 13.5. The minimum Gasteiger partial charge on any atom is -0.481 e. The summed E-state index contributed by atoms with van der Waals surface area (Å²) in [5.74, 6) is 0.528. The van der Waals surface area contributed by atoms with Crippen LogP contribution in [-0.4, -0.2) is 40.5 Å². The molecule has 0 spiro atoms. The largest absolute Gasteiger partial charge is 0.481 e. The number of anilines is 1. The van der Waals surface area contributed by atoms with Gasteiger partial charge in [-0.25, -0.2) is 4.79 Å². The number of nitrogens with one attached hydrogen (secondary N) is 2. The van der Waals surface area contributed by atoms with Crippen LogP contribution in [0.5, 0.6) is 11.5 Å². The van der Waals surface area contributed by atoms with Gasteiger partial charge < -0.3 is 25.4 Å². The molecule has 204 valence electrons. The number of benzene rings is 3. The van der Waals surface area contributed by atoms with E-state index in [0.29, 0.717) is 29.5 Å². The molecule has 3 amide bonds. The first-order valence-electron chi connectivity index (χ1n) is 13.4. The van der Waals surface area contributed by atoms with Gasteiger partial charge >= 0.3 is 12.0 Å². The number of rotatable bonds is 10. The van der Waals surface area contributed by atoms with Crippen LogP contribution in [0, 0.1) is 5.92 Å². The van der Waals surface area contributed by atoms with E-state index in [2.05, 4.69) is 17.6 Å². The molecule has 0 heterocycles. The van der Waals surface area contributed by atoms with Crippen LogP contribution in [-0.2, 0) is 11.3 Å². The van der Waals surface area contributed by atoms with Crippen LogP contribution in [0.25, 0.3) is 0 Å². The third kappa shape index (κ3) is 8.07. The molecule has 1 aliphatic rings. The summed E-state index contributed by atoms with van der Waals surface area (Å²) in [6, 6.07) is 23.9. The molecule has 0 aliphatic heterocycles. The van der Waals surface area contributed by atoms with Gasteiger partial charge in [-0.15, -0.1) is 0 Å². The maximum Gasteiger partial charge on any atom is 0.322 e. The van der Waals surface area contributed by atoms with E-state index in [0.717, 1.165) is 30.6 Å². The second-order valence-corrected chi connectivity index (χ2v) is 9.92. The Bertz CT molecular complexity index is 1250. The van der Waals surface area contributed by atoms with Crippen LogP contribution in [0.15, 0.2) is 78.9 Å². The fourth-order valence-electron chi connectivity index (χ4n) is 4.87. The highest BCUT2D eigenvalue weighted by atomic mass is 16.5. The number of ether oxygens (including phenoxy) is 1. The van der Waals surface area contributed by atoms with E-state index in [9.17, 15) is 14.4 Å². The van der Waals surface area contributed by atoms with Crippen molar-refractivity contribution in [2.24, 2.45) is 5.92 Å². The fourth-order valence-corrected chi connectivity index (χ4v) is 4.87. The molecular weight excluding hydrogens is 494 g/mol. The number of amides is 3. The van der Waals surface area contributed by atoms with Gasteiger partial charge in [0.2, 0.25) is 0 Å². The Hall–Kier alpha value is -4.33. The Morgan fingerprint density at radius 2 is 1.56 bits per heavy atom. The minimum atomic E-state index is -0.961. The van der Waals surface area contributed by atoms with Gasteiger partial charge in [0.25, 0.3) is 5.91 Å². The zero-order valence-corrected chi connectivity index (χ0v) is 22.1. The van der Waals surface area contributed by atoms with E-state index in [1.807, 2.05) is 71.6 Å². The van der Waals surface area contributed by atoms with Crippen LogP contribution in [0.4, 0.5) is 10.5 Å². The van der Waals surface area contributed by atoms with Crippen molar-refractivity contribution in [2.45, 2.75) is 51.6 Å². The van der Waals surface area contributed by atoms with Crippen LogP contribution < -0.4 is 15.4 Å². The molecule has 0 bridgehead atoms. The van der Waals surface area contributed by atoms with Gasteiger partial charge in [-0.2, -0.15) is 0 Å². The molecule has 0 radical (unpaired) electrons. The van der Waals surface area contributed by atoms with Crippen LogP contribution in [0.1, 0.15) is 54.9 Å². The van der Waals surface area contributed by atoms with E-state index >= 15 is 0 Å². The van der Waals surface area contributed by atoms with E-state index in [1.165, 1.54) is 6.42 Å². The first-order valence-corrected chi connectivity index (χ1v) is 13.4. The number of aliphatic carboxylic acids is 1. The highest BCUT2D eigenvalue weighted by Gasteiger charge is 2.30. The molecule has 2 unspecified atom stereocenters. The van der Waals surface area contributed by atoms with Crippen LogP contribution in [0.2, 0.25) is 0 Å². The summed E-state index contributed by atoms with van der Waals surface area (Å²) in [6.07, 6.45) is 4.15. The van der Waals surface area contributed by atoms with Crippen molar-refractivity contribution in [2.75, 3.05) is 11.9 Å². The zero-order valence-electron chi connectivity index (χ0n) is 22.1. The quantitative estimate of drug-likeness (QED) is 0.286. The molecule has 2 atom stereocenters. The molecule has 3 aromatic rings. The van der Waals surface area contributed by atoms with Crippen LogP contribution in [0.3, 0.4) is 0 Å².